The number of hydrogen-bond donors (Lipinski definition) is 1. The van der Waals surface area contributed by atoms with Crippen LogP contribution in [0.15, 0.2) is 47.4 Å². The summed E-state index contributed by atoms with van der Waals surface area (Å²) >= 11 is 0. The predicted molar refractivity (Wildman–Crippen MR) is 126 cm³/mol. The molecule has 0 spiro atoms. The van der Waals surface area contributed by atoms with Gasteiger partial charge in [-0.3, -0.25) is 4.79 Å². The first kappa shape index (κ1) is 24.8. The smallest absolute Gasteiger partial charge is 0.242 e. The van der Waals surface area contributed by atoms with Crippen molar-refractivity contribution in [2.24, 2.45) is 7.05 Å². The highest BCUT2D eigenvalue weighted by Gasteiger charge is 2.20. The summed E-state index contributed by atoms with van der Waals surface area (Å²) in [6.45, 7) is 0.351. The van der Waals surface area contributed by atoms with E-state index in [0.717, 1.165) is 15.4 Å². The minimum atomic E-state index is -3.55. The van der Waals surface area contributed by atoms with E-state index in [1.807, 2.05) is 36.7 Å². The second-order valence-corrected chi connectivity index (χ2v) is 10.5. The van der Waals surface area contributed by atoms with Gasteiger partial charge in [-0.05, 0) is 50.0 Å². The summed E-state index contributed by atoms with van der Waals surface area (Å²) in [6.07, 6.45) is 0.628. The van der Waals surface area contributed by atoms with Crippen molar-refractivity contribution in [2.45, 2.75) is 23.8 Å². The fraction of sp³-hybridized carbons (Fsp3) is 0.391. The number of benzene rings is 2. The van der Waals surface area contributed by atoms with Crippen LogP contribution in [0.25, 0.3) is 11.0 Å². The van der Waals surface area contributed by atoms with Crippen LogP contribution in [0.2, 0.25) is 0 Å². The average molecular weight is 476 g/mol. The highest BCUT2D eigenvalue weighted by molar-refractivity contribution is 7.89. The van der Waals surface area contributed by atoms with Crippen LogP contribution in [0.3, 0.4) is 0 Å². The van der Waals surface area contributed by atoms with Crippen molar-refractivity contribution in [3.63, 3.8) is 0 Å². The van der Waals surface area contributed by atoms with E-state index in [1.165, 1.54) is 26.2 Å². The fourth-order valence-electron chi connectivity index (χ4n) is 3.66. The lowest BCUT2D eigenvalue weighted by Crippen LogP contribution is -2.34. The van der Waals surface area contributed by atoms with Gasteiger partial charge in [0.2, 0.25) is 15.9 Å². The van der Waals surface area contributed by atoms with Gasteiger partial charge in [-0.15, -0.1) is 0 Å². The molecule has 8 nitrogen and oxygen atoms in total. The van der Waals surface area contributed by atoms with E-state index in [4.69, 9.17) is 0 Å². The highest BCUT2D eigenvalue weighted by atomic mass is 32.2. The fourth-order valence-corrected chi connectivity index (χ4v) is 4.58. The topological polar surface area (TPSA) is 87.5 Å². The zero-order valence-corrected chi connectivity index (χ0v) is 20.4. The van der Waals surface area contributed by atoms with Crippen LogP contribution in [0.1, 0.15) is 23.9 Å². The van der Waals surface area contributed by atoms with Crippen LogP contribution in [-0.4, -0.2) is 67.8 Å². The van der Waals surface area contributed by atoms with E-state index in [2.05, 4.69) is 10.3 Å². The number of amides is 1. The lowest BCUT2D eigenvalue weighted by Gasteiger charge is -2.25. The molecule has 0 saturated heterocycles. The molecule has 3 rings (SSSR count). The molecule has 0 bridgehead atoms. The molecule has 1 heterocycles. The van der Waals surface area contributed by atoms with Gasteiger partial charge in [0, 0.05) is 40.5 Å². The number of rotatable bonds is 9. The number of fused-ring (bicyclic) bond motifs is 1. The molecule has 1 aromatic heterocycles. The van der Waals surface area contributed by atoms with E-state index in [-0.39, 0.29) is 29.1 Å². The molecule has 0 aliphatic carbocycles. The molecule has 1 atom stereocenters. The third kappa shape index (κ3) is 5.58. The first-order chi connectivity index (χ1) is 15.5. The van der Waals surface area contributed by atoms with E-state index >= 15 is 0 Å². The van der Waals surface area contributed by atoms with Crippen LogP contribution in [0, 0.1) is 5.82 Å². The van der Waals surface area contributed by atoms with Crippen molar-refractivity contribution < 1.29 is 17.6 Å². The van der Waals surface area contributed by atoms with Crippen LogP contribution < -0.4 is 5.32 Å². The molecule has 0 aliphatic rings. The number of hydrogen-bond acceptors (Lipinski definition) is 5. The Morgan fingerprint density at radius 2 is 1.88 bits per heavy atom. The number of nitrogens with one attached hydrogen (secondary N) is 1. The van der Waals surface area contributed by atoms with Crippen molar-refractivity contribution in [1.82, 2.24) is 24.1 Å². The monoisotopic (exact) mass is 475 g/mol. The zero-order chi connectivity index (χ0) is 24.3. The van der Waals surface area contributed by atoms with Crippen molar-refractivity contribution in [1.29, 1.82) is 0 Å². The Labute approximate surface area is 194 Å². The maximum Gasteiger partial charge on any atom is 0.242 e. The number of sulfonamides is 1. The van der Waals surface area contributed by atoms with E-state index in [0.29, 0.717) is 24.3 Å². The van der Waals surface area contributed by atoms with Gasteiger partial charge in [-0.2, -0.15) is 0 Å². The van der Waals surface area contributed by atoms with Crippen molar-refractivity contribution >= 4 is 27.0 Å². The molecule has 0 radical (unpaired) electrons. The number of imidazole rings is 1. The minimum Gasteiger partial charge on any atom is -0.354 e. The average Bonchev–Trinajstić information content (AvgIpc) is 3.07. The number of carbonyl (C=O) groups excluding carboxylic acids is 1. The van der Waals surface area contributed by atoms with Crippen molar-refractivity contribution in [2.75, 3.05) is 34.7 Å². The molecule has 1 amide bonds. The Bertz CT molecular complexity index is 1250. The Morgan fingerprint density at radius 3 is 2.52 bits per heavy atom. The van der Waals surface area contributed by atoms with Gasteiger partial charge in [-0.1, -0.05) is 12.1 Å². The molecule has 10 heteroatoms. The van der Waals surface area contributed by atoms with Crippen LogP contribution in [0.5, 0.6) is 0 Å². The van der Waals surface area contributed by atoms with Gasteiger partial charge in [0.05, 0.1) is 22.0 Å². The normalized spacial score (nSPS) is 13.1. The molecule has 0 aliphatic heterocycles. The quantitative estimate of drug-likeness (QED) is 0.513. The molecule has 0 fully saturated rings. The summed E-state index contributed by atoms with van der Waals surface area (Å²) in [5.41, 5.74) is 2.15. The lowest BCUT2D eigenvalue weighted by atomic mass is 10.1. The van der Waals surface area contributed by atoms with Crippen LogP contribution in [-0.2, 0) is 28.3 Å². The molecule has 178 valence electrons. The van der Waals surface area contributed by atoms with Crippen molar-refractivity contribution in [3.8, 4) is 0 Å². The van der Waals surface area contributed by atoms with E-state index in [9.17, 15) is 17.6 Å². The minimum absolute atomic E-state index is 0.138. The molecular formula is C23H30FN5O3S. The van der Waals surface area contributed by atoms with E-state index in [1.54, 1.807) is 24.3 Å². The number of aryl methyl sites for hydroxylation is 2. The Kier molecular flexibility index (Phi) is 7.51. The molecule has 0 unspecified atom stereocenters. The molecule has 3 aromatic rings. The third-order valence-corrected chi connectivity index (χ3v) is 7.46. The van der Waals surface area contributed by atoms with Gasteiger partial charge in [0.1, 0.15) is 11.6 Å². The van der Waals surface area contributed by atoms with Gasteiger partial charge in [-0.25, -0.2) is 22.1 Å². The summed E-state index contributed by atoms with van der Waals surface area (Å²) < 4.78 is 41.4. The highest BCUT2D eigenvalue weighted by Crippen LogP contribution is 2.22. The van der Waals surface area contributed by atoms with Crippen LogP contribution >= 0.6 is 0 Å². The van der Waals surface area contributed by atoms with Gasteiger partial charge in [0.15, 0.2) is 0 Å². The number of nitrogens with zero attached hydrogens (tertiary/aromatic N) is 4. The Balaban J connectivity index is 1.67. The zero-order valence-electron chi connectivity index (χ0n) is 19.5. The lowest BCUT2D eigenvalue weighted by molar-refractivity contribution is -0.121. The molecule has 1 N–H and O–H groups in total. The first-order valence-electron chi connectivity index (χ1n) is 10.6. The predicted octanol–water partition coefficient (Wildman–Crippen LogP) is 2.31. The summed E-state index contributed by atoms with van der Waals surface area (Å²) in [4.78, 5) is 19.2. The number of carbonyl (C=O) groups is 1. The summed E-state index contributed by atoms with van der Waals surface area (Å²) in [6, 6.07) is 11.0. The second kappa shape index (κ2) is 9.98. The number of aromatic nitrogens is 2. The summed E-state index contributed by atoms with van der Waals surface area (Å²) in [5.74, 6) is 0.240. The van der Waals surface area contributed by atoms with Gasteiger partial charge >= 0.3 is 0 Å². The standard InChI is InChI=1S/C23H30FN5O3S/c1-27(2)21(16-7-6-8-17(24)13-16)15-25-23(30)12-11-22-26-19-14-18(33(31,32)28(3)4)9-10-20(19)29(22)5/h6-10,13-14,21H,11-12,15H2,1-5H3,(H,25,30)/t21-/m1/s1. The van der Waals surface area contributed by atoms with Crippen molar-refractivity contribution in [3.05, 3.63) is 59.7 Å². The first-order valence-corrected chi connectivity index (χ1v) is 12.0. The number of halogens is 1. The number of likely N-dealkylation sites (N-methyl/N-ethyl adjacent to an activating group) is 1. The Morgan fingerprint density at radius 1 is 1.15 bits per heavy atom. The molecule has 33 heavy (non-hydrogen) atoms. The Hall–Kier alpha value is -2.82. The van der Waals surface area contributed by atoms with Gasteiger partial charge in [0.25, 0.3) is 0 Å². The van der Waals surface area contributed by atoms with Gasteiger partial charge < -0.3 is 14.8 Å². The maximum atomic E-state index is 13.6. The molecule has 0 saturated carbocycles. The summed E-state index contributed by atoms with van der Waals surface area (Å²) in [5, 5.41) is 2.92. The maximum absolute atomic E-state index is 13.6. The molecule has 2 aromatic carbocycles. The largest absolute Gasteiger partial charge is 0.354 e. The molecular weight excluding hydrogens is 445 g/mol. The third-order valence-electron chi connectivity index (χ3n) is 5.65. The van der Waals surface area contributed by atoms with Crippen LogP contribution in [0.4, 0.5) is 4.39 Å². The SMILES string of the molecule is CN(C)[C@H](CNC(=O)CCc1nc2cc(S(=O)(=O)N(C)C)ccc2n1C)c1cccc(F)c1. The summed E-state index contributed by atoms with van der Waals surface area (Å²) in [7, 11) is 5.02. The second-order valence-electron chi connectivity index (χ2n) is 8.36. The van der Waals surface area contributed by atoms with E-state index < -0.39 is 10.0 Å².